The van der Waals surface area contributed by atoms with Gasteiger partial charge in [0.25, 0.3) is 0 Å². The van der Waals surface area contributed by atoms with Crippen molar-refractivity contribution >= 4 is 11.3 Å². The highest BCUT2D eigenvalue weighted by Crippen LogP contribution is 2.25. The minimum absolute atomic E-state index is 0.369. The Morgan fingerprint density at radius 1 is 1.29 bits per heavy atom. The van der Waals surface area contributed by atoms with E-state index in [-0.39, 0.29) is 6.10 Å². The Kier molecular flexibility index (Phi) is 5.63. The molecule has 0 saturated carbocycles. The van der Waals surface area contributed by atoms with Gasteiger partial charge in [0.15, 0.2) is 0 Å². The molecule has 1 saturated heterocycles. The van der Waals surface area contributed by atoms with Gasteiger partial charge in [-0.15, -0.1) is 16.4 Å². The first-order valence-corrected chi connectivity index (χ1v) is 9.64. The Hall–Kier alpha value is -1.31. The standard InChI is InChI=1S/C17H27N5OS/c1-12(2)16-11-24-17(18-16)10-21-6-4-15(5-7-21)22-9-14(19-20-22)8-13(3)23/h9,11-13,15,23H,4-8,10H2,1-3H3/t13-/m1/s1. The van der Waals surface area contributed by atoms with E-state index in [0.717, 1.165) is 38.2 Å². The molecule has 2 aromatic heterocycles. The van der Waals surface area contributed by atoms with Crippen LogP contribution in [-0.4, -0.2) is 49.2 Å². The van der Waals surface area contributed by atoms with Crippen molar-refractivity contribution in [2.24, 2.45) is 0 Å². The molecule has 1 aliphatic rings. The monoisotopic (exact) mass is 349 g/mol. The summed E-state index contributed by atoms with van der Waals surface area (Å²) in [6.45, 7) is 9.23. The summed E-state index contributed by atoms with van der Waals surface area (Å²) in [6, 6.07) is 0.416. The summed E-state index contributed by atoms with van der Waals surface area (Å²) in [4.78, 5) is 7.22. The molecule has 1 N–H and O–H groups in total. The Bertz CT molecular complexity index is 643. The highest BCUT2D eigenvalue weighted by Gasteiger charge is 2.22. The summed E-state index contributed by atoms with van der Waals surface area (Å²) in [5.41, 5.74) is 2.08. The smallest absolute Gasteiger partial charge is 0.107 e. The van der Waals surface area contributed by atoms with Crippen molar-refractivity contribution in [3.05, 3.63) is 28.0 Å². The highest BCUT2D eigenvalue weighted by molar-refractivity contribution is 7.09. The number of aliphatic hydroxyl groups is 1. The topological polar surface area (TPSA) is 67.1 Å². The second-order valence-electron chi connectivity index (χ2n) is 7.07. The lowest BCUT2D eigenvalue weighted by atomic mass is 10.1. The first-order valence-electron chi connectivity index (χ1n) is 8.76. The van der Waals surface area contributed by atoms with Crippen molar-refractivity contribution < 1.29 is 5.11 Å². The summed E-state index contributed by atoms with van der Waals surface area (Å²) in [5.74, 6) is 0.504. The van der Waals surface area contributed by atoms with Gasteiger partial charge in [-0.25, -0.2) is 9.67 Å². The minimum Gasteiger partial charge on any atom is -0.393 e. The molecule has 1 atom stereocenters. The van der Waals surface area contributed by atoms with Gasteiger partial charge in [-0.3, -0.25) is 4.90 Å². The Balaban J connectivity index is 1.50. The van der Waals surface area contributed by atoms with Crippen LogP contribution in [0.15, 0.2) is 11.6 Å². The first-order chi connectivity index (χ1) is 11.5. The van der Waals surface area contributed by atoms with Gasteiger partial charge in [0.1, 0.15) is 5.01 Å². The number of likely N-dealkylation sites (tertiary alicyclic amines) is 1. The van der Waals surface area contributed by atoms with Crippen molar-refractivity contribution in [1.29, 1.82) is 0 Å². The van der Waals surface area contributed by atoms with Gasteiger partial charge >= 0.3 is 0 Å². The third-order valence-corrected chi connectivity index (χ3v) is 5.37. The summed E-state index contributed by atoms with van der Waals surface area (Å²) in [7, 11) is 0. The maximum Gasteiger partial charge on any atom is 0.107 e. The quantitative estimate of drug-likeness (QED) is 0.868. The summed E-state index contributed by atoms with van der Waals surface area (Å²) in [6.07, 6.45) is 4.36. The molecule has 132 valence electrons. The number of hydrogen-bond acceptors (Lipinski definition) is 6. The van der Waals surface area contributed by atoms with Crippen molar-refractivity contribution in [1.82, 2.24) is 24.9 Å². The lowest BCUT2D eigenvalue weighted by molar-refractivity contribution is 0.172. The highest BCUT2D eigenvalue weighted by atomic mass is 32.1. The van der Waals surface area contributed by atoms with Crippen LogP contribution in [0.1, 0.15) is 62.0 Å². The van der Waals surface area contributed by atoms with Crippen LogP contribution in [0, 0.1) is 0 Å². The van der Waals surface area contributed by atoms with Crippen LogP contribution in [0.5, 0.6) is 0 Å². The Labute approximate surface area is 147 Å². The van der Waals surface area contributed by atoms with Crippen LogP contribution in [0.3, 0.4) is 0 Å². The van der Waals surface area contributed by atoms with E-state index in [1.54, 1.807) is 18.3 Å². The van der Waals surface area contributed by atoms with Crippen LogP contribution >= 0.6 is 11.3 Å². The van der Waals surface area contributed by atoms with Crippen molar-refractivity contribution in [2.75, 3.05) is 13.1 Å². The van der Waals surface area contributed by atoms with Gasteiger partial charge in [-0.1, -0.05) is 19.1 Å². The van der Waals surface area contributed by atoms with Crippen LogP contribution in [0.4, 0.5) is 0 Å². The molecule has 3 heterocycles. The molecule has 1 aliphatic heterocycles. The van der Waals surface area contributed by atoms with Crippen molar-refractivity contribution in [3.8, 4) is 0 Å². The van der Waals surface area contributed by atoms with Gasteiger partial charge in [0.05, 0.1) is 30.1 Å². The van der Waals surface area contributed by atoms with Gasteiger partial charge < -0.3 is 5.11 Å². The number of rotatable bonds is 6. The van der Waals surface area contributed by atoms with Gasteiger partial charge in [-0.05, 0) is 25.7 Å². The van der Waals surface area contributed by atoms with E-state index in [1.165, 1.54) is 10.7 Å². The van der Waals surface area contributed by atoms with Gasteiger partial charge in [-0.2, -0.15) is 0 Å². The summed E-state index contributed by atoms with van der Waals surface area (Å²) < 4.78 is 1.98. The molecule has 24 heavy (non-hydrogen) atoms. The molecule has 1 fully saturated rings. The molecular formula is C17H27N5OS. The molecular weight excluding hydrogens is 322 g/mol. The van der Waals surface area contributed by atoms with E-state index in [1.807, 2.05) is 10.9 Å². The number of hydrogen-bond donors (Lipinski definition) is 1. The summed E-state index contributed by atoms with van der Waals surface area (Å²) >= 11 is 1.77. The van der Waals surface area contributed by atoms with E-state index < -0.39 is 0 Å². The second kappa shape index (κ2) is 7.72. The zero-order valence-corrected chi connectivity index (χ0v) is 15.5. The largest absolute Gasteiger partial charge is 0.393 e. The van der Waals surface area contributed by atoms with Crippen LogP contribution < -0.4 is 0 Å². The average Bonchev–Trinajstić information content (AvgIpc) is 3.17. The maximum absolute atomic E-state index is 9.45. The molecule has 0 radical (unpaired) electrons. The number of nitrogens with zero attached hydrogens (tertiary/aromatic N) is 5. The second-order valence-corrected chi connectivity index (χ2v) is 8.01. The van der Waals surface area contributed by atoms with E-state index in [9.17, 15) is 5.11 Å². The van der Waals surface area contributed by atoms with Gasteiger partial charge in [0.2, 0.25) is 0 Å². The lowest BCUT2D eigenvalue weighted by Gasteiger charge is -2.31. The molecule has 0 spiro atoms. The van der Waals surface area contributed by atoms with E-state index in [2.05, 4.69) is 34.4 Å². The maximum atomic E-state index is 9.45. The average molecular weight is 350 g/mol. The van der Waals surface area contributed by atoms with Crippen molar-refractivity contribution in [3.63, 3.8) is 0 Å². The zero-order chi connectivity index (χ0) is 17.1. The molecule has 0 bridgehead atoms. The fourth-order valence-electron chi connectivity index (χ4n) is 3.08. The first kappa shape index (κ1) is 17.5. The Morgan fingerprint density at radius 2 is 2.04 bits per heavy atom. The fraction of sp³-hybridized carbons (Fsp3) is 0.706. The SMILES string of the molecule is CC(C)c1csc(CN2CCC(n3cc(C[C@@H](C)O)nn3)CC2)n1. The number of thiazole rings is 1. The number of aromatic nitrogens is 4. The molecule has 0 aromatic carbocycles. The van der Waals surface area contributed by atoms with Crippen LogP contribution in [0.25, 0.3) is 0 Å². The predicted octanol–water partition coefficient (Wildman–Crippen LogP) is 2.62. The molecule has 0 unspecified atom stereocenters. The Morgan fingerprint density at radius 3 is 2.67 bits per heavy atom. The number of aliphatic hydroxyl groups excluding tert-OH is 1. The normalized spacial score (nSPS) is 18.4. The molecule has 6 nitrogen and oxygen atoms in total. The third kappa shape index (κ3) is 4.40. The zero-order valence-electron chi connectivity index (χ0n) is 14.7. The number of piperidine rings is 1. The third-order valence-electron chi connectivity index (χ3n) is 4.51. The predicted molar refractivity (Wildman–Crippen MR) is 95.2 cm³/mol. The fourth-order valence-corrected chi connectivity index (χ4v) is 4.08. The van der Waals surface area contributed by atoms with E-state index in [4.69, 9.17) is 4.98 Å². The minimum atomic E-state index is -0.369. The van der Waals surface area contributed by atoms with Crippen molar-refractivity contribution in [2.45, 2.75) is 64.6 Å². The molecule has 3 rings (SSSR count). The molecule has 0 amide bonds. The summed E-state index contributed by atoms with van der Waals surface area (Å²) in [5, 5.41) is 21.3. The van der Waals surface area contributed by atoms with E-state index >= 15 is 0 Å². The van der Waals surface area contributed by atoms with Crippen LogP contribution in [-0.2, 0) is 13.0 Å². The molecule has 7 heteroatoms. The van der Waals surface area contributed by atoms with Gasteiger partial charge in [0, 0.05) is 31.1 Å². The lowest BCUT2D eigenvalue weighted by Crippen LogP contribution is -2.34. The van der Waals surface area contributed by atoms with E-state index in [0.29, 0.717) is 18.4 Å². The molecule has 0 aliphatic carbocycles. The van der Waals surface area contributed by atoms with Crippen LogP contribution in [0.2, 0.25) is 0 Å². The molecule has 2 aromatic rings.